The molecule has 0 saturated heterocycles. The molecule has 12 heavy (non-hydrogen) atoms. The zero-order chi connectivity index (χ0) is 8.97. The summed E-state index contributed by atoms with van der Waals surface area (Å²) in [4.78, 5) is 7.80. The monoisotopic (exact) mass is 188 g/mol. The number of hydrogen-bond donors (Lipinski definition) is 1. The second-order valence-corrected chi connectivity index (χ2v) is 2.54. The summed E-state index contributed by atoms with van der Waals surface area (Å²) in [6.07, 6.45) is 0. The van der Waals surface area contributed by atoms with Gasteiger partial charge in [-0.1, -0.05) is 11.6 Å². The molecule has 5 heteroatoms. The average Bonchev–Trinajstić information content (AvgIpc) is 1.99. The van der Waals surface area contributed by atoms with E-state index >= 15 is 0 Å². The van der Waals surface area contributed by atoms with Gasteiger partial charge in [0.25, 0.3) is 0 Å². The van der Waals surface area contributed by atoms with Gasteiger partial charge in [-0.25, -0.2) is 4.98 Å². The Labute approximate surface area is 75.2 Å². The number of ether oxygens (including phenoxy) is 1. The molecule has 0 atom stereocenters. The van der Waals surface area contributed by atoms with E-state index in [1.807, 2.05) is 0 Å². The molecule has 0 aromatic carbocycles. The van der Waals surface area contributed by atoms with Crippen LogP contribution in [-0.4, -0.2) is 28.3 Å². The molecule has 0 aliphatic carbocycles. The van der Waals surface area contributed by atoms with E-state index in [2.05, 4.69) is 9.97 Å². The molecule has 0 unspecified atom stereocenters. The topological polar surface area (TPSA) is 55.2 Å². The van der Waals surface area contributed by atoms with Crippen molar-refractivity contribution in [1.82, 2.24) is 9.97 Å². The first-order valence-corrected chi connectivity index (χ1v) is 3.85. The fourth-order valence-electron chi connectivity index (χ4n) is 0.730. The summed E-state index contributed by atoms with van der Waals surface area (Å²) in [5.74, 6) is 0.942. The normalized spacial score (nSPS) is 9.92. The summed E-state index contributed by atoms with van der Waals surface area (Å²) in [6.45, 7) is 1.89. The quantitative estimate of drug-likeness (QED) is 0.714. The minimum atomic E-state index is -0.0410. The highest BCUT2D eigenvalue weighted by Crippen LogP contribution is 2.12. The molecular weight excluding hydrogens is 180 g/mol. The minimum absolute atomic E-state index is 0.0410. The zero-order valence-corrected chi connectivity index (χ0v) is 7.38. The molecule has 1 aromatic heterocycles. The maximum atomic E-state index is 8.46. The third-order valence-electron chi connectivity index (χ3n) is 1.12. The van der Waals surface area contributed by atoms with Gasteiger partial charge in [0.05, 0.1) is 6.61 Å². The SMILES string of the molecule is Cc1nc(Cl)cc(OCCO)n1. The minimum Gasteiger partial charge on any atom is -0.475 e. The Morgan fingerprint density at radius 3 is 2.92 bits per heavy atom. The van der Waals surface area contributed by atoms with Crippen LogP contribution in [0.4, 0.5) is 0 Å². The summed E-state index contributed by atoms with van der Waals surface area (Å²) in [6, 6.07) is 1.50. The molecular formula is C7H9ClN2O2. The second-order valence-electron chi connectivity index (χ2n) is 2.15. The second kappa shape index (κ2) is 4.23. The van der Waals surface area contributed by atoms with Crippen LogP contribution in [0.5, 0.6) is 5.88 Å². The van der Waals surface area contributed by atoms with Gasteiger partial charge in [-0.3, -0.25) is 0 Å². The Morgan fingerprint density at radius 1 is 1.58 bits per heavy atom. The van der Waals surface area contributed by atoms with Crippen LogP contribution < -0.4 is 4.74 Å². The van der Waals surface area contributed by atoms with Crippen LogP contribution in [0.2, 0.25) is 5.15 Å². The van der Waals surface area contributed by atoms with Gasteiger partial charge in [0.1, 0.15) is 17.6 Å². The largest absolute Gasteiger partial charge is 0.475 e. The van der Waals surface area contributed by atoms with Crippen LogP contribution in [0.15, 0.2) is 6.07 Å². The van der Waals surface area contributed by atoms with Gasteiger partial charge in [0.15, 0.2) is 0 Å². The number of aromatic nitrogens is 2. The van der Waals surface area contributed by atoms with Crippen molar-refractivity contribution in [2.45, 2.75) is 6.92 Å². The molecule has 1 aromatic rings. The van der Waals surface area contributed by atoms with Crippen LogP contribution in [0.25, 0.3) is 0 Å². The van der Waals surface area contributed by atoms with Crippen molar-refractivity contribution in [3.63, 3.8) is 0 Å². The molecule has 0 aliphatic heterocycles. The molecule has 1 rings (SSSR count). The molecule has 66 valence electrons. The molecule has 4 nitrogen and oxygen atoms in total. The smallest absolute Gasteiger partial charge is 0.218 e. The first-order chi connectivity index (χ1) is 5.72. The number of hydrogen-bond acceptors (Lipinski definition) is 4. The number of aliphatic hydroxyl groups is 1. The van der Waals surface area contributed by atoms with Crippen molar-refractivity contribution in [2.75, 3.05) is 13.2 Å². The van der Waals surface area contributed by atoms with Crippen molar-refractivity contribution in [3.05, 3.63) is 17.0 Å². The van der Waals surface area contributed by atoms with Crippen LogP contribution in [0.1, 0.15) is 5.82 Å². The summed E-state index contributed by atoms with van der Waals surface area (Å²) in [5, 5.41) is 8.81. The van der Waals surface area contributed by atoms with Crippen LogP contribution in [0, 0.1) is 6.92 Å². The van der Waals surface area contributed by atoms with Gasteiger partial charge in [-0.2, -0.15) is 4.98 Å². The molecule has 0 aliphatic rings. The molecule has 0 amide bonds. The van der Waals surface area contributed by atoms with E-state index in [-0.39, 0.29) is 13.2 Å². The van der Waals surface area contributed by atoms with E-state index in [0.29, 0.717) is 16.9 Å². The van der Waals surface area contributed by atoms with Crippen molar-refractivity contribution < 1.29 is 9.84 Å². The van der Waals surface area contributed by atoms with Gasteiger partial charge in [0, 0.05) is 6.07 Å². The summed E-state index contributed by atoms with van der Waals surface area (Å²) in [5.41, 5.74) is 0. The Kier molecular flexibility index (Phi) is 3.25. The lowest BCUT2D eigenvalue weighted by Gasteiger charge is -2.03. The van der Waals surface area contributed by atoms with E-state index in [1.165, 1.54) is 6.07 Å². The van der Waals surface area contributed by atoms with E-state index in [1.54, 1.807) is 6.92 Å². The Balaban J connectivity index is 2.72. The fraction of sp³-hybridized carbons (Fsp3) is 0.429. The highest BCUT2D eigenvalue weighted by Gasteiger charge is 1.99. The third kappa shape index (κ3) is 2.64. The predicted octanol–water partition coefficient (Wildman–Crippen LogP) is 0.810. The van der Waals surface area contributed by atoms with Gasteiger partial charge in [-0.15, -0.1) is 0 Å². The number of aryl methyl sites for hydroxylation is 1. The van der Waals surface area contributed by atoms with Gasteiger partial charge in [-0.05, 0) is 6.92 Å². The Morgan fingerprint density at radius 2 is 2.33 bits per heavy atom. The van der Waals surface area contributed by atoms with Crippen LogP contribution >= 0.6 is 11.6 Å². The molecule has 0 radical (unpaired) electrons. The van der Waals surface area contributed by atoms with E-state index in [9.17, 15) is 0 Å². The van der Waals surface area contributed by atoms with E-state index in [4.69, 9.17) is 21.4 Å². The molecule has 0 saturated carbocycles. The molecule has 0 bridgehead atoms. The lowest BCUT2D eigenvalue weighted by atomic mass is 10.6. The standard InChI is InChI=1S/C7H9ClN2O2/c1-5-9-6(8)4-7(10-5)12-3-2-11/h4,11H,2-3H2,1H3. The van der Waals surface area contributed by atoms with E-state index in [0.717, 1.165) is 0 Å². The Bertz CT molecular complexity index is 247. The molecule has 1 heterocycles. The fourth-order valence-corrected chi connectivity index (χ4v) is 0.945. The van der Waals surface area contributed by atoms with Gasteiger partial charge < -0.3 is 9.84 Å². The lowest BCUT2D eigenvalue weighted by molar-refractivity contribution is 0.196. The predicted molar refractivity (Wildman–Crippen MR) is 44.4 cm³/mol. The van der Waals surface area contributed by atoms with Crippen molar-refractivity contribution >= 4 is 11.6 Å². The highest BCUT2D eigenvalue weighted by atomic mass is 35.5. The molecule has 0 fully saturated rings. The van der Waals surface area contributed by atoms with Crippen molar-refractivity contribution in [1.29, 1.82) is 0 Å². The number of rotatable bonds is 3. The van der Waals surface area contributed by atoms with Gasteiger partial charge >= 0.3 is 0 Å². The number of nitrogens with zero attached hydrogens (tertiary/aromatic N) is 2. The first kappa shape index (κ1) is 9.22. The number of aliphatic hydroxyl groups excluding tert-OH is 1. The lowest BCUT2D eigenvalue weighted by Crippen LogP contribution is -2.04. The molecule has 0 spiro atoms. The van der Waals surface area contributed by atoms with E-state index < -0.39 is 0 Å². The maximum Gasteiger partial charge on any atom is 0.218 e. The molecule has 1 N–H and O–H groups in total. The summed E-state index contributed by atoms with van der Waals surface area (Å²) >= 11 is 5.64. The first-order valence-electron chi connectivity index (χ1n) is 3.47. The zero-order valence-electron chi connectivity index (χ0n) is 6.62. The summed E-state index contributed by atoms with van der Waals surface area (Å²) < 4.78 is 5.03. The van der Waals surface area contributed by atoms with Crippen LogP contribution in [-0.2, 0) is 0 Å². The third-order valence-corrected chi connectivity index (χ3v) is 1.32. The van der Waals surface area contributed by atoms with Crippen molar-refractivity contribution in [2.24, 2.45) is 0 Å². The number of halogens is 1. The van der Waals surface area contributed by atoms with Gasteiger partial charge in [0.2, 0.25) is 5.88 Å². The maximum absolute atomic E-state index is 8.46. The Hall–Kier alpha value is -0.870. The van der Waals surface area contributed by atoms with Crippen LogP contribution in [0.3, 0.4) is 0 Å². The summed E-state index contributed by atoms with van der Waals surface area (Å²) in [7, 11) is 0. The van der Waals surface area contributed by atoms with Crippen molar-refractivity contribution in [3.8, 4) is 5.88 Å². The highest BCUT2D eigenvalue weighted by molar-refractivity contribution is 6.29. The average molecular weight is 189 g/mol.